The number of pyridine rings is 2. The second kappa shape index (κ2) is 17.9. The van der Waals surface area contributed by atoms with E-state index in [9.17, 15) is 9.59 Å². The van der Waals surface area contributed by atoms with Crippen molar-refractivity contribution in [2.75, 3.05) is 46.3 Å². The molecule has 4 aromatic heterocycles. The molecule has 11 heteroatoms. The molecule has 8 rings (SSSR count). The van der Waals surface area contributed by atoms with Gasteiger partial charge in [0.1, 0.15) is 22.7 Å². The highest BCUT2D eigenvalue weighted by molar-refractivity contribution is 5.93. The summed E-state index contributed by atoms with van der Waals surface area (Å²) < 4.78 is 3.71. The average molecular weight is 740 g/mol. The number of hydrogen-bond donors (Lipinski definition) is 2. The molecule has 0 saturated carbocycles. The molecule has 0 radical (unpaired) electrons. The van der Waals surface area contributed by atoms with Gasteiger partial charge in [-0.15, -0.1) is 0 Å². The Labute approximate surface area is 324 Å². The van der Waals surface area contributed by atoms with Crippen LogP contribution in [0.1, 0.15) is 88.4 Å². The molecular formula is C44H53N9O2. The quantitative estimate of drug-likeness (QED) is 0.168. The van der Waals surface area contributed by atoms with E-state index in [-0.39, 0.29) is 23.9 Å². The molecular weight excluding hydrogens is 687 g/mol. The van der Waals surface area contributed by atoms with Gasteiger partial charge in [0.15, 0.2) is 0 Å². The summed E-state index contributed by atoms with van der Waals surface area (Å²) in [6, 6.07) is 28.5. The maximum Gasteiger partial charge on any atom is 0.271 e. The predicted octanol–water partition coefficient (Wildman–Crippen LogP) is 6.38. The van der Waals surface area contributed by atoms with E-state index in [1.165, 1.54) is 43.5 Å². The van der Waals surface area contributed by atoms with Crippen molar-refractivity contribution in [2.45, 2.75) is 58.3 Å². The van der Waals surface area contributed by atoms with E-state index in [1.807, 2.05) is 71.4 Å². The Bertz CT molecular complexity index is 2100. The van der Waals surface area contributed by atoms with E-state index in [2.05, 4.69) is 90.9 Å². The lowest BCUT2D eigenvalue weighted by molar-refractivity contribution is 0.0927. The molecule has 286 valence electrons. The Morgan fingerprint density at radius 2 is 1.02 bits per heavy atom. The van der Waals surface area contributed by atoms with Crippen LogP contribution in [0, 0.1) is 0 Å². The maximum absolute atomic E-state index is 12.6. The molecule has 2 saturated heterocycles. The molecule has 0 bridgehead atoms. The van der Waals surface area contributed by atoms with Gasteiger partial charge >= 0.3 is 0 Å². The van der Waals surface area contributed by atoms with Gasteiger partial charge in [-0.2, -0.15) is 0 Å². The fraction of sp³-hybridized carbons (Fsp3) is 0.364. The van der Waals surface area contributed by atoms with E-state index >= 15 is 0 Å². The number of carbonyl (C=O) groups excluding carboxylic acids is 2. The lowest BCUT2D eigenvalue weighted by Gasteiger charge is -2.32. The first kappa shape index (κ1) is 37.9. The van der Waals surface area contributed by atoms with Crippen LogP contribution in [-0.2, 0) is 13.1 Å². The van der Waals surface area contributed by atoms with Crippen LogP contribution in [-0.4, -0.2) is 91.6 Å². The topological polar surface area (TPSA) is 103 Å². The number of likely N-dealkylation sites (N-methyl/N-ethyl adjacent to an activating group) is 1. The monoisotopic (exact) mass is 739 g/mol. The SMILES string of the molecule is C[C@@H](NC(=O)c1cn2ccccc2n1)c1ccc(CN2CCCCC2)cc1.C[C@@H](NC(=O)c1cn2ccccc2n1)c1ccc(CN2CCN(C)CC2)cc1. The number of likely N-dealkylation sites (tertiary alicyclic amines) is 1. The normalized spacial score (nSPS) is 16.6. The number of benzene rings is 2. The Morgan fingerprint density at radius 3 is 1.45 bits per heavy atom. The number of amides is 2. The van der Waals surface area contributed by atoms with Crippen molar-refractivity contribution in [3.8, 4) is 0 Å². The number of nitrogens with one attached hydrogen (secondary N) is 2. The van der Waals surface area contributed by atoms with Crippen molar-refractivity contribution >= 4 is 23.1 Å². The van der Waals surface area contributed by atoms with Crippen molar-refractivity contribution in [3.05, 3.63) is 143 Å². The third-order valence-corrected chi connectivity index (χ3v) is 10.7. The summed E-state index contributed by atoms with van der Waals surface area (Å²) in [6.07, 6.45) is 11.3. The van der Waals surface area contributed by atoms with Gasteiger partial charge in [0.25, 0.3) is 11.8 Å². The van der Waals surface area contributed by atoms with Gasteiger partial charge in [0.05, 0.1) is 12.1 Å². The van der Waals surface area contributed by atoms with Crippen LogP contribution in [0.3, 0.4) is 0 Å². The van der Waals surface area contributed by atoms with E-state index in [1.54, 1.807) is 12.4 Å². The van der Waals surface area contributed by atoms with Gasteiger partial charge in [-0.1, -0.05) is 67.1 Å². The largest absolute Gasteiger partial charge is 0.344 e. The summed E-state index contributed by atoms with van der Waals surface area (Å²) in [5.41, 5.74) is 7.27. The first-order valence-corrected chi connectivity index (χ1v) is 19.6. The molecule has 11 nitrogen and oxygen atoms in total. The Balaban J connectivity index is 0.000000169. The first-order chi connectivity index (χ1) is 26.8. The van der Waals surface area contributed by atoms with Gasteiger partial charge in [0.2, 0.25) is 0 Å². The number of fused-ring (bicyclic) bond motifs is 2. The molecule has 2 aromatic carbocycles. The van der Waals surface area contributed by atoms with Gasteiger partial charge in [-0.3, -0.25) is 19.4 Å². The van der Waals surface area contributed by atoms with E-state index in [0.29, 0.717) is 11.4 Å². The summed E-state index contributed by atoms with van der Waals surface area (Å²) in [5, 5.41) is 6.10. The fourth-order valence-electron chi connectivity index (χ4n) is 7.26. The summed E-state index contributed by atoms with van der Waals surface area (Å²) in [6.45, 7) is 12.9. The number of nitrogens with zero attached hydrogens (tertiary/aromatic N) is 7. The van der Waals surface area contributed by atoms with Crippen LogP contribution in [0.4, 0.5) is 0 Å². The number of piperidine rings is 1. The third kappa shape index (κ3) is 10.0. The van der Waals surface area contributed by atoms with Crippen molar-refractivity contribution in [1.82, 2.24) is 44.1 Å². The Morgan fingerprint density at radius 1 is 0.582 bits per heavy atom. The van der Waals surface area contributed by atoms with E-state index < -0.39 is 0 Å². The molecule has 0 unspecified atom stereocenters. The number of aromatic nitrogens is 4. The molecule has 6 aromatic rings. The lowest BCUT2D eigenvalue weighted by atomic mass is 10.0. The van der Waals surface area contributed by atoms with Gasteiger partial charge in [0, 0.05) is 64.1 Å². The lowest BCUT2D eigenvalue weighted by Crippen LogP contribution is -2.43. The van der Waals surface area contributed by atoms with Gasteiger partial charge in [-0.05, 0) is 93.3 Å². The highest BCUT2D eigenvalue weighted by Gasteiger charge is 2.18. The fourth-order valence-corrected chi connectivity index (χ4v) is 7.26. The molecule has 2 aliphatic rings. The number of carbonyl (C=O) groups is 2. The zero-order valence-electron chi connectivity index (χ0n) is 32.3. The number of imidazole rings is 2. The minimum absolute atomic E-state index is 0.0636. The summed E-state index contributed by atoms with van der Waals surface area (Å²) in [5.74, 6) is -0.304. The number of hydrogen-bond acceptors (Lipinski definition) is 7. The van der Waals surface area contributed by atoms with Crippen LogP contribution < -0.4 is 10.6 Å². The second-order valence-electron chi connectivity index (χ2n) is 15.0. The van der Waals surface area contributed by atoms with Crippen LogP contribution in [0.15, 0.2) is 110 Å². The molecule has 2 atom stereocenters. The summed E-state index contributed by atoms with van der Waals surface area (Å²) in [4.78, 5) is 41.2. The molecule has 6 heterocycles. The predicted molar refractivity (Wildman–Crippen MR) is 217 cm³/mol. The molecule has 0 spiro atoms. The third-order valence-electron chi connectivity index (χ3n) is 10.7. The highest BCUT2D eigenvalue weighted by atomic mass is 16.2. The first-order valence-electron chi connectivity index (χ1n) is 19.6. The van der Waals surface area contributed by atoms with Crippen LogP contribution in [0.5, 0.6) is 0 Å². The zero-order valence-corrected chi connectivity index (χ0v) is 32.3. The van der Waals surface area contributed by atoms with Crippen molar-refractivity contribution < 1.29 is 9.59 Å². The minimum Gasteiger partial charge on any atom is -0.344 e. The smallest absolute Gasteiger partial charge is 0.271 e. The van der Waals surface area contributed by atoms with Crippen molar-refractivity contribution in [2.24, 2.45) is 0 Å². The van der Waals surface area contributed by atoms with Gasteiger partial charge in [-0.25, -0.2) is 9.97 Å². The maximum atomic E-state index is 12.6. The second-order valence-corrected chi connectivity index (χ2v) is 15.0. The van der Waals surface area contributed by atoms with E-state index in [0.717, 1.165) is 61.7 Å². The van der Waals surface area contributed by atoms with E-state index in [4.69, 9.17) is 0 Å². The standard InChI is InChI=1S/C22H27N5O.C22H26N4O/c1-17(23-22(28)20-16-27-10-4-3-5-21(27)24-20)19-8-6-18(7-9-19)15-26-13-11-25(2)12-14-26;1-17(23-22(27)20-16-26-14-6-3-7-21(26)24-20)19-10-8-18(9-11-19)15-25-12-4-2-5-13-25/h3-10,16-17H,11-15H2,1-2H3,(H,23,28);3,6-11,14,16-17H,2,4-5,12-13,15H2,1H3,(H,23,27)/t2*17-/m11/s1. The van der Waals surface area contributed by atoms with Gasteiger partial charge < -0.3 is 24.3 Å². The zero-order chi connectivity index (χ0) is 38.1. The number of piperazine rings is 1. The molecule has 2 aliphatic heterocycles. The number of rotatable bonds is 10. The molecule has 2 amide bonds. The summed E-state index contributed by atoms with van der Waals surface area (Å²) >= 11 is 0. The Hall–Kier alpha value is -5.36. The van der Waals surface area contributed by atoms with Crippen molar-refractivity contribution in [3.63, 3.8) is 0 Å². The Kier molecular flexibility index (Phi) is 12.3. The average Bonchev–Trinajstić information content (AvgIpc) is 3.86. The molecule has 55 heavy (non-hydrogen) atoms. The van der Waals surface area contributed by atoms with Crippen LogP contribution in [0.25, 0.3) is 11.3 Å². The minimum atomic E-state index is -0.155. The van der Waals surface area contributed by atoms with Crippen molar-refractivity contribution in [1.29, 1.82) is 0 Å². The molecule has 2 fully saturated rings. The summed E-state index contributed by atoms with van der Waals surface area (Å²) in [7, 11) is 2.17. The molecule has 2 N–H and O–H groups in total. The highest BCUT2D eigenvalue weighted by Crippen LogP contribution is 2.19. The van der Waals surface area contributed by atoms with Crippen LogP contribution in [0.2, 0.25) is 0 Å². The molecule has 0 aliphatic carbocycles. The van der Waals surface area contributed by atoms with Crippen LogP contribution >= 0.6 is 0 Å².